The summed E-state index contributed by atoms with van der Waals surface area (Å²) < 4.78 is 5.10. The van der Waals surface area contributed by atoms with Crippen molar-refractivity contribution in [2.24, 2.45) is 0 Å². The van der Waals surface area contributed by atoms with Crippen LogP contribution in [0, 0.1) is 20.2 Å². The minimum absolute atomic E-state index is 0.00954. The summed E-state index contributed by atoms with van der Waals surface area (Å²) in [5.41, 5.74) is -1.56. The van der Waals surface area contributed by atoms with Crippen LogP contribution in [0.25, 0.3) is 0 Å². The summed E-state index contributed by atoms with van der Waals surface area (Å²) in [5, 5.41) is 29.2. The molecule has 11 nitrogen and oxygen atoms in total. The van der Waals surface area contributed by atoms with Crippen molar-refractivity contribution in [2.45, 2.75) is 12.0 Å². The molecule has 2 aromatic rings. The van der Waals surface area contributed by atoms with E-state index in [0.29, 0.717) is 10.5 Å². The number of ketones is 2. The summed E-state index contributed by atoms with van der Waals surface area (Å²) in [7, 11) is 0. The molecule has 0 N–H and O–H groups in total. The molecule has 0 amide bonds. The highest BCUT2D eigenvalue weighted by Gasteiger charge is 2.49. The summed E-state index contributed by atoms with van der Waals surface area (Å²) >= 11 is 3.18. The Labute approximate surface area is 152 Å². The zero-order valence-corrected chi connectivity index (χ0v) is 14.2. The number of aromatic nitrogens is 2. The summed E-state index contributed by atoms with van der Waals surface area (Å²) in [6, 6.07) is 4.09. The number of rotatable bonds is 5. The number of carbonyl (C=O) groups excluding carboxylic acids is 2. The number of hydrogen-bond acceptors (Lipinski definition) is 9. The molecule has 0 bridgehead atoms. The Morgan fingerprint density at radius 3 is 2.27 bits per heavy atom. The third-order valence-electron chi connectivity index (χ3n) is 3.75. The van der Waals surface area contributed by atoms with Crippen molar-refractivity contribution < 1.29 is 24.1 Å². The van der Waals surface area contributed by atoms with Crippen LogP contribution in [0.2, 0.25) is 0 Å². The normalized spacial score (nSPS) is 18.6. The Bertz CT molecular complexity index is 966. The zero-order chi connectivity index (χ0) is 19.0. The van der Waals surface area contributed by atoms with E-state index in [-0.39, 0.29) is 11.3 Å². The van der Waals surface area contributed by atoms with Gasteiger partial charge in [0, 0.05) is 15.0 Å². The number of halogens is 1. The predicted molar refractivity (Wildman–Crippen MR) is 85.3 cm³/mol. The van der Waals surface area contributed by atoms with Gasteiger partial charge in [-0.05, 0) is 29.4 Å². The molecule has 132 valence electrons. The Morgan fingerprint density at radius 2 is 1.69 bits per heavy atom. The second kappa shape index (κ2) is 6.55. The molecule has 1 aliphatic rings. The van der Waals surface area contributed by atoms with E-state index < -0.39 is 44.8 Å². The van der Waals surface area contributed by atoms with E-state index in [1.54, 1.807) is 0 Å². The molecular formula is C14H7BrN4O7. The minimum Gasteiger partial charge on any atom is -0.289 e. The number of benzene rings is 1. The van der Waals surface area contributed by atoms with Gasteiger partial charge in [0.25, 0.3) is 11.7 Å². The standard InChI is InChI=1S/C14H7BrN4O7/c15-7-3-1-6(2-4-7)13(20)14(21)10-8(18(22)23)5-9(19(24)25)11-12(10)17-26-16-11/h1-5,9-10H. The number of nitrogens with zero attached hydrogens (tertiary/aromatic N) is 4. The van der Waals surface area contributed by atoms with Crippen molar-refractivity contribution in [3.05, 3.63) is 77.7 Å². The second-order valence-corrected chi connectivity index (χ2v) is 6.16. The number of fused-ring (bicyclic) bond motifs is 1. The largest absolute Gasteiger partial charge is 0.289 e. The Kier molecular flexibility index (Phi) is 4.42. The fourth-order valence-corrected chi connectivity index (χ4v) is 2.81. The highest BCUT2D eigenvalue weighted by molar-refractivity contribution is 9.10. The maximum absolute atomic E-state index is 12.6. The van der Waals surface area contributed by atoms with Crippen LogP contribution in [-0.2, 0) is 4.79 Å². The average molecular weight is 423 g/mol. The molecule has 1 heterocycles. The van der Waals surface area contributed by atoms with E-state index >= 15 is 0 Å². The van der Waals surface area contributed by atoms with Gasteiger partial charge in [0.15, 0.2) is 11.6 Å². The molecule has 2 atom stereocenters. The minimum atomic E-state index is -1.74. The van der Waals surface area contributed by atoms with E-state index in [4.69, 9.17) is 0 Å². The molecule has 0 radical (unpaired) electrons. The quantitative estimate of drug-likeness (QED) is 0.303. The number of carbonyl (C=O) groups is 2. The summed E-state index contributed by atoms with van der Waals surface area (Å²) in [6.07, 6.45) is 0.671. The van der Waals surface area contributed by atoms with Gasteiger partial charge < -0.3 is 0 Å². The first-order valence-corrected chi connectivity index (χ1v) is 7.76. The van der Waals surface area contributed by atoms with E-state index in [9.17, 15) is 29.8 Å². The van der Waals surface area contributed by atoms with Crippen molar-refractivity contribution in [1.82, 2.24) is 10.3 Å². The van der Waals surface area contributed by atoms with Gasteiger partial charge in [0.05, 0.1) is 11.0 Å². The lowest BCUT2D eigenvalue weighted by atomic mass is 9.84. The molecule has 0 spiro atoms. The average Bonchev–Trinajstić information content (AvgIpc) is 3.08. The molecule has 2 unspecified atom stereocenters. The van der Waals surface area contributed by atoms with Crippen LogP contribution in [0.5, 0.6) is 0 Å². The number of Topliss-reactive ketones (excluding diaryl/α,β-unsaturated/α-hetero) is 2. The third kappa shape index (κ3) is 2.90. The van der Waals surface area contributed by atoms with Crippen molar-refractivity contribution in [2.75, 3.05) is 0 Å². The molecule has 1 aliphatic carbocycles. The van der Waals surface area contributed by atoms with Gasteiger partial charge in [0.2, 0.25) is 11.6 Å². The van der Waals surface area contributed by atoms with Crippen LogP contribution < -0.4 is 0 Å². The van der Waals surface area contributed by atoms with Crippen molar-refractivity contribution in [1.29, 1.82) is 0 Å². The van der Waals surface area contributed by atoms with Crippen molar-refractivity contribution in [3.63, 3.8) is 0 Å². The molecule has 0 fully saturated rings. The Hall–Kier alpha value is -3.28. The highest BCUT2D eigenvalue weighted by Crippen LogP contribution is 2.38. The summed E-state index contributed by atoms with van der Waals surface area (Å²) in [4.78, 5) is 45.8. The number of nitro groups is 2. The highest BCUT2D eigenvalue weighted by atomic mass is 79.9. The van der Waals surface area contributed by atoms with Gasteiger partial charge in [-0.15, -0.1) is 0 Å². The lowest BCUT2D eigenvalue weighted by Gasteiger charge is -2.16. The van der Waals surface area contributed by atoms with Crippen LogP contribution in [0.15, 0.2) is 45.1 Å². The van der Waals surface area contributed by atoms with Gasteiger partial charge in [-0.2, -0.15) is 0 Å². The van der Waals surface area contributed by atoms with E-state index in [1.165, 1.54) is 24.3 Å². The van der Waals surface area contributed by atoms with E-state index in [1.807, 2.05) is 0 Å². The van der Waals surface area contributed by atoms with Crippen LogP contribution in [0.1, 0.15) is 33.7 Å². The molecule has 1 aromatic heterocycles. The first kappa shape index (κ1) is 17.5. The molecule has 1 aromatic carbocycles. The topological polar surface area (TPSA) is 159 Å². The van der Waals surface area contributed by atoms with E-state index in [0.717, 1.165) is 0 Å². The van der Waals surface area contributed by atoms with Gasteiger partial charge in [-0.1, -0.05) is 21.1 Å². The molecule has 3 rings (SSSR count). The number of hydrogen-bond donors (Lipinski definition) is 0. The fourth-order valence-electron chi connectivity index (χ4n) is 2.55. The van der Waals surface area contributed by atoms with Crippen LogP contribution in [0.4, 0.5) is 0 Å². The molecule has 26 heavy (non-hydrogen) atoms. The molecular weight excluding hydrogens is 416 g/mol. The van der Waals surface area contributed by atoms with Gasteiger partial charge in [-0.25, -0.2) is 4.63 Å². The molecule has 12 heteroatoms. The van der Waals surface area contributed by atoms with Gasteiger partial charge in [0.1, 0.15) is 5.69 Å². The smallest absolute Gasteiger partial charge is 0.284 e. The maximum atomic E-state index is 12.6. The lowest BCUT2D eigenvalue weighted by Crippen LogP contribution is -2.31. The fraction of sp³-hybridized carbons (Fsp3) is 0.143. The Balaban J connectivity index is 2.07. The second-order valence-electron chi connectivity index (χ2n) is 5.25. The Morgan fingerprint density at radius 1 is 1.08 bits per heavy atom. The maximum Gasteiger partial charge on any atom is 0.284 e. The first-order valence-electron chi connectivity index (χ1n) is 6.97. The lowest BCUT2D eigenvalue weighted by molar-refractivity contribution is -0.520. The van der Waals surface area contributed by atoms with Crippen molar-refractivity contribution in [3.8, 4) is 0 Å². The third-order valence-corrected chi connectivity index (χ3v) is 4.28. The van der Waals surface area contributed by atoms with Crippen LogP contribution in [-0.4, -0.2) is 31.7 Å². The molecule has 0 saturated carbocycles. The SMILES string of the molecule is O=C(C(=O)C1C([N+](=O)[O-])=CC([N+](=O)[O-])c2nonc21)c1ccc(Br)cc1. The van der Waals surface area contributed by atoms with Crippen LogP contribution >= 0.6 is 15.9 Å². The predicted octanol–water partition coefficient (Wildman–Crippen LogP) is 1.86. The summed E-state index contributed by atoms with van der Waals surface area (Å²) in [6.45, 7) is 0. The van der Waals surface area contributed by atoms with Crippen LogP contribution in [0.3, 0.4) is 0 Å². The van der Waals surface area contributed by atoms with Crippen molar-refractivity contribution >= 4 is 27.5 Å². The van der Waals surface area contributed by atoms with Gasteiger partial charge >= 0.3 is 0 Å². The molecule has 0 aliphatic heterocycles. The number of allylic oxidation sites excluding steroid dienone is 1. The van der Waals surface area contributed by atoms with E-state index in [2.05, 4.69) is 30.9 Å². The molecule has 0 saturated heterocycles. The monoisotopic (exact) mass is 422 g/mol. The summed E-state index contributed by atoms with van der Waals surface area (Å²) in [5.74, 6) is -3.89. The van der Waals surface area contributed by atoms with Gasteiger partial charge in [-0.3, -0.25) is 29.8 Å². The zero-order valence-electron chi connectivity index (χ0n) is 12.6. The first-order chi connectivity index (χ1) is 12.3.